The number of hydrogen-bond donors (Lipinski definition) is 0. The lowest BCUT2D eigenvalue weighted by atomic mass is 10.2. The molecular formula is C23H25FN2O2. The van der Waals surface area contributed by atoms with Crippen molar-refractivity contribution in [3.63, 3.8) is 0 Å². The first-order valence-electron chi connectivity index (χ1n) is 9.69. The predicted molar refractivity (Wildman–Crippen MR) is 106 cm³/mol. The summed E-state index contributed by atoms with van der Waals surface area (Å²) in [6.07, 6.45) is 2.59. The lowest BCUT2D eigenvalue weighted by Crippen LogP contribution is -2.25. The Morgan fingerprint density at radius 2 is 1.93 bits per heavy atom. The van der Waals surface area contributed by atoms with Gasteiger partial charge < -0.3 is 9.15 Å². The maximum absolute atomic E-state index is 14.4. The highest BCUT2D eigenvalue weighted by atomic mass is 19.1. The molecule has 2 aromatic carbocycles. The second-order valence-corrected chi connectivity index (χ2v) is 7.47. The molecular weight excluding hydrogens is 355 g/mol. The molecule has 0 N–H and O–H groups in total. The van der Waals surface area contributed by atoms with E-state index in [1.807, 2.05) is 13.0 Å². The molecule has 28 heavy (non-hydrogen) atoms. The molecule has 4 nitrogen and oxygen atoms in total. The maximum Gasteiger partial charge on any atom is 0.229 e. The number of methoxy groups -OCH3 is 1. The molecule has 5 heteroatoms. The van der Waals surface area contributed by atoms with Crippen LogP contribution < -0.4 is 4.74 Å². The highest BCUT2D eigenvalue weighted by molar-refractivity contribution is 5.56. The van der Waals surface area contributed by atoms with E-state index in [4.69, 9.17) is 9.15 Å². The fourth-order valence-electron chi connectivity index (χ4n) is 3.39. The van der Waals surface area contributed by atoms with Crippen LogP contribution in [0.2, 0.25) is 0 Å². The van der Waals surface area contributed by atoms with Crippen LogP contribution in [0.25, 0.3) is 11.5 Å². The number of aryl methyl sites for hydroxylation is 1. The average Bonchev–Trinajstić information content (AvgIpc) is 3.44. The summed E-state index contributed by atoms with van der Waals surface area (Å²) in [5.74, 6) is 1.90. The molecule has 0 atom stereocenters. The Labute approximate surface area is 165 Å². The third-order valence-corrected chi connectivity index (χ3v) is 5.14. The standard InChI is InChI=1S/C23H25FN2O2/c1-16-22(25-23(28-16)20-11-10-19(27-2)12-21(20)24)15-26(14-18-8-9-18)13-17-6-4-3-5-7-17/h3-7,10-12,18H,8-9,13-15H2,1-2H3. The average molecular weight is 380 g/mol. The van der Waals surface area contributed by atoms with Crippen molar-refractivity contribution in [1.82, 2.24) is 9.88 Å². The molecule has 0 radical (unpaired) electrons. The third-order valence-electron chi connectivity index (χ3n) is 5.14. The molecule has 0 aliphatic heterocycles. The zero-order valence-electron chi connectivity index (χ0n) is 16.3. The van der Waals surface area contributed by atoms with Gasteiger partial charge >= 0.3 is 0 Å². The fraction of sp³-hybridized carbons (Fsp3) is 0.348. The number of hydrogen-bond acceptors (Lipinski definition) is 4. The van der Waals surface area contributed by atoms with Gasteiger partial charge in [-0.1, -0.05) is 30.3 Å². The summed E-state index contributed by atoms with van der Waals surface area (Å²) in [7, 11) is 1.52. The molecule has 1 aliphatic carbocycles. The summed E-state index contributed by atoms with van der Waals surface area (Å²) in [4.78, 5) is 7.03. The van der Waals surface area contributed by atoms with Crippen LogP contribution in [0, 0.1) is 18.7 Å². The molecule has 146 valence electrons. The van der Waals surface area contributed by atoms with Crippen molar-refractivity contribution in [3.05, 3.63) is 71.4 Å². The summed E-state index contributed by atoms with van der Waals surface area (Å²) in [6.45, 7) is 4.51. The first-order valence-corrected chi connectivity index (χ1v) is 9.69. The van der Waals surface area contributed by atoms with Crippen molar-refractivity contribution < 1.29 is 13.5 Å². The van der Waals surface area contributed by atoms with Crippen LogP contribution in [-0.4, -0.2) is 23.5 Å². The van der Waals surface area contributed by atoms with Crippen LogP contribution in [0.5, 0.6) is 5.75 Å². The van der Waals surface area contributed by atoms with Gasteiger partial charge in [-0.15, -0.1) is 0 Å². The molecule has 0 bridgehead atoms. The van der Waals surface area contributed by atoms with Gasteiger partial charge in [0, 0.05) is 25.7 Å². The smallest absolute Gasteiger partial charge is 0.229 e. The van der Waals surface area contributed by atoms with Crippen molar-refractivity contribution in [3.8, 4) is 17.2 Å². The molecule has 3 aromatic rings. The second kappa shape index (κ2) is 8.15. The predicted octanol–water partition coefficient (Wildman–Crippen LogP) is 5.21. The molecule has 1 aromatic heterocycles. The highest BCUT2D eigenvalue weighted by Crippen LogP contribution is 2.32. The molecule has 0 saturated heterocycles. The first-order chi connectivity index (χ1) is 13.6. The summed E-state index contributed by atoms with van der Waals surface area (Å²) in [6, 6.07) is 15.2. The van der Waals surface area contributed by atoms with E-state index in [0.29, 0.717) is 23.7 Å². The van der Waals surface area contributed by atoms with Gasteiger partial charge in [0.25, 0.3) is 0 Å². The molecule has 1 heterocycles. The Morgan fingerprint density at radius 3 is 2.61 bits per heavy atom. The van der Waals surface area contributed by atoms with Gasteiger partial charge in [0.2, 0.25) is 5.89 Å². The summed E-state index contributed by atoms with van der Waals surface area (Å²) < 4.78 is 25.3. The number of nitrogens with zero attached hydrogens (tertiary/aromatic N) is 2. The van der Waals surface area contributed by atoms with Crippen molar-refractivity contribution in [2.75, 3.05) is 13.7 Å². The largest absolute Gasteiger partial charge is 0.497 e. The SMILES string of the molecule is COc1ccc(-c2nc(CN(Cc3ccccc3)CC3CC3)c(C)o2)c(F)c1. The van der Waals surface area contributed by atoms with Gasteiger partial charge in [-0.05, 0) is 43.4 Å². The number of halogens is 1. The Morgan fingerprint density at radius 1 is 1.14 bits per heavy atom. The molecule has 0 spiro atoms. The molecule has 1 saturated carbocycles. The van der Waals surface area contributed by atoms with Gasteiger partial charge in [-0.3, -0.25) is 4.90 Å². The van der Waals surface area contributed by atoms with Crippen LogP contribution in [0.3, 0.4) is 0 Å². The van der Waals surface area contributed by atoms with Crippen LogP contribution in [0.15, 0.2) is 52.9 Å². The minimum Gasteiger partial charge on any atom is -0.497 e. The van der Waals surface area contributed by atoms with Crippen LogP contribution in [0.1, 0.15) is 29.9 Å². The molecule has 1 aliphatic rings. The minimum absolute atomic E-state index is 0.318. The Balaban J connectivity index is 1.54. The third kappa shape index (κ3) is 4.42. The highest BCUT2D eigenvalue weighted by Gasteiger charge is 2.26. The Bertz CT molecular complexity index is 935. The van der Waals surface area contributed by atoms with Crippen molar-refractivity contribution >= 4 is 0 Å². The Hall–Kier alpha value is -2.66. The van der Waals surface area contributed by atoms with Crippen LogP contribution >= 0.6 is 0 Å². The zero-order valence-corrected chi connectivity index (χ0v) is 16.3. The monoisotopic (exact) mass is 380 g/mol. The van der Waals surface area contributed by atoms with Gasteiger partial charge in [0.05, 0.1) is 18.4 Å². The molecule has 1 fully saturated rings. The van der Waals surface area contributed by atoms with E-state index in [-0.39, 0.29) is 0 Å². The van der Waals surface area contributed by atoms with E-state index >= 15 is 0 Å². The van der Waals surface area contributed by atoms with E-state index in [9.17, 15) is 4.39 Å². The van der Waals surface area contributed by atoms with Crippen molar-refractivity contribution in [1.29, 1.82) is 0 Å². The molecule has 4 rings (SSSR count). The summed E-state index contributed by atoms with van der Waals surface area (Å²) >= 11 is 0. The number of aromatic nitrogens is 1. The first kappa shape index (κ1) is 18.7. The van der Waals surface area contributed by atoms with E-state index in [1.165, 1.54) is 31.6 Å². The zero-order chi connectivity index (χ0) is 19.5. The lowest BCUT2D eigenvalue weighted by molar-refractivity contribution is 0.242. The minimum atomic E-state index is -0.397. The van der Waals surface area contributed by atoms with Crippen LogP contribution in [-0.2, 0) is 13.1 Å². The quantitative estimate of drug-likeness (QED) is 0.538. The van der Waals surface area contributed by atoms with Gasteiger partial charge in [0.15, 0.2) is 0 Å². The van der Waals surface area contributed by atoms with E-state index in [2.05, 4.69) is 34.1 Å². The van der Waals surface area contributed by atoms with Crippen molar-refractivity contribution in [2.24, 2.45) is 5.92 Å². The normalized spacial score (nSPS) is 13.9. The molecule has 0 unspecified atom stereocenters. The van der Waals surface area contributed by atoms with E-state index < -0.39 is 5.82 Å². The molecule has 0 amide bonds. The number of ether oxygens (including phenoxy) is 1. The van der Waals surface area contributed by atoms with Gasteiger partial charge in [0.1, 0.15) is 17.3 Å². The van der Waals surface area contributed by atoms with E-state index in [0.717, 1.165) is 30.5 Å². The Kier molecular flexibility index (Phi) is 5.44. The van der Waals surface area contributed by atoms with Gasteiger partial charge in [-0.25, -0.2) is 9.37 Å². The topological polar surface area (TPSA) is 38.5 Å². The summed E-state index contributed by atoms with van der Waals surface area (Å²) in [5.41, 5.74) is 2.50. The van der Waals surface area contributed by atoms with Crippen molar-refractivity contribution in [2.45, 2.75) is 32.9 Å². The number of rotatable bonds is 8. The second-order valence-electron chi connectivity index (χ2n) is 7.47. The van der Waals surface area contributed by atoms with Gasteiger partial charge in [-0.2, -0.15) is 0 Å². The lowest BCUT2D eigenvalue weighted by Gasteiger charge is -2.21. The number of benzene rings is 2. The number of oxazole rings is 1. The fourth-order valence-corrected chi connectivity index (χ4v) is 3.39. The summed E-state index contributed by atoms with van der Waals surface area (Å²) in [5, 5.41) is 0. The van der Waals surface area contributed by atoms with E-state index in [1.54, 1.807) is 12.1 Å². The maximum atomic E-state index is 14.4. The van der Waals surface area contributed by atoms with Crippen LogP contribution in [0.4, 0.5) is 4.39 Å².